The van der Waals surface area contributed by atoms with E-state index in [1.54, 1.807) is 0 Å². The minimum atomic E-state index is 0.314. The van der Waals surface area contributed by atoms with Crippen LogP contribution >= 0.6 is 0 Å². The molecular weight excluding hydrogens is 190 g/mol. The van der Waals surface area contributed by atoms with E-state index in [1.165, 1.54) is 6.39 Å². The summed E-state index contributed by atoms with van der Waals surface area (Å²) >= 11 is 0. The highest BCUT2D eigenvalue weighted by Gasteiger charge is 2.09. The predicted octanol–water partition coefficient (Wildman–Crippen LogP) is 1.61. The van der Waals surface area contributed by atoms with Crippen LogP contribution < -0.4 is 10.6 Å². The Labute approximate surface area is 88.7 Å². The third-order valence-electron chi connectivity index (χ3n) is 2.72. The summed E-state index contributed by atoms with van der Waals surface area (Å²) in [5.74, 6) is 0. The second-order valence-corrected chi connectivity index (χ2v) is 3.70. The number of likely N-dealkylation sites (N-methyl/N-ethyl adjacent to an activating group) is 1. The molecule has 4 heteroatoms. The molecule has 2 rings (SSSR count). The van der Waals surface area contributed by atoms with Crippen molar-refractivity contribution in [1.29, 1.82) is 0 Å². The number of benzene rings is 1. The van der Waals surface area contributed by atoms with Crippen LogP contribution in [0.3, 0.4) is 0 Å². The summed E-state index contributed by atoms with van der Waals surface area (Å²) in [6, 6.07) is 6.26. The van der Waals surface area contributed by atoms with Crippen LogP contribution in [0.15, 0.2) is 29.0 Å². The maximum atomic E-state index is 5.63. The lowest BCUT2D eigenvalue weighted by atomic mass is 10.2. The third-order valence-corrected chi connectivity index (χ3v) is 2.72. The van der Waals surface area contributed by atoms with Crippen molar-refractivity contribution >= 4 is 16.8 Å². The van der Waals surface area contributed by atoms with Crippen molar-refractivity contribution in [2.24, 2.45) is 5.73 Å². The third kappa shape index (κ3) is 1.80. The Balaban J connectivity index is 2.35. The molecule has 0 spiro atoms. The van der Waals surface area contributed by atoms with Crippen molar-refractivity contribution in [3.05, 3.63) is 24.6 Å². The average molecular weight is 205 g/mol. The molecule has 4 nitrogen and oxygen atoms in total. The molecule has 1 unspecified atom stereocenters. The summed E-state index contributed by atoms with van der Waals surface area (Å²) in [4.78, 5) is 6.26. The van der Waals surface area contributed by atoms with Gasteiger partial charge in [-0.3, -0.25) is 0 Å². The van der Waals surface area contributed by atoms with Gasteiger partial charge in [0.05, 0.1) is 0 Å². The molecule has 0 amide bonds. The first-order chi connectivity index (χ1) is 7.22. The first kappa shape index (κ1) is 9.98. The molecular formula is C11H15N3O. The number of hydrogen-bond acceptors (Lipinski definition) is 4. The quantitative estimate of drug-likeness (QED) is 0.827. The summed E-state index contributed by atoms with van der Waals surface area (Å²) in [5.41, 5.74) is 8.42. The molecule has 0 aliphatic rings. The second-order valence-electron chi connectivity index (χ2n) is 3.70. The molecule has 15 heavy (non-hydrogen) atoms. The molecule has 1 aromatic carbocycles. The van der Waals surface area contributed by atoms with Crippen LogP contribution in [0, 0.1) is 0 Å². The highest BCUT2D eigenvalue weighted by atomic mass is 16.3. The van der Waals surface area contributed by atoms with Crippen LogP contribution in [0.2, 0.25) is 0 Å². The average Bonchev–Trinajstić information content (AvgIpc) is 2.73. The molecule has 2 N–H and O–H groups in total. The van der Waals surface area contributed by atoms with E-state index >= 15 is 0 Å². The molecule has 1 heterocycles. The molecule has 2 aromatic rings. The number of nitrogens with zero attached hydrogens (tertiary/aromatic N) is 2. The SMILES string of the molecule is CC(CN)N(C)c1ccc2ocnc2c1. The van der Waals surface area contributed by atoms with Gasteiger partial charge in [-0.1, -0.05) is 0 Å². The van der Waals surface area contributed by atoms with Gasteiger partial charge in [-0.2, -0.15) is 0 Å². The van der Waals surface area contributed by atoms with Crippen LogP contribution in [0.4, 0.5) is 5.69 Å². The highest BCUT2D eigenvalue weighted by Crippen LogP contribution is 2.21. The van der Waals surface area contributed by atoms with Gasteiger partial charge < -0.3 is 15.1 Å². The monoisotopic (exact) mass is 205 g/mol. The number of nitrogens with two attached hydrogens (primary N) is 1. The van der Waals surface area contributed by atoms with Crippen LogP contribution in [-0.4, -0.2) is 24.6 Å². The lowest BCUT2D eigenvalue weighted by Gasteiger charge is -2.25. The largest absolute Gasteiger partial charge is 0.443 e. The number of fused-ring (bicyclic) bond motifs is 1. The number of rotatable bonds is 3. The molecule has 0 bridgehead atoms. The van der Waals surface area contributed by atoms with Gasteiger partial charge in [0.2, 0.25) is 0 Å². The molecule has 0 aliphatic carbocycles. The zero-order valence-electron chi connectivity index (χ0n) is 8.97. The second kappa shape index (κ2) is 3.90. The molecule has 0 aliphatic heterocycles. The molecule has 0 radical (unpaired) electrons. The molecule has 0 saturated heterocycles. The van der Waals surface area contributed by atoms with E-state index in [1.807, 2.05) is 25.2 Å². The van der Waals surface area contributed by atoms with Crippen molar-refractivity contribution in [1.82, 2.24) is 4.98 Å². The van der Waals surface area contributed by atoms with Gasteiger partial charge in [0.1, 0.15) is 5.52 Å². The fourth-order valence-corrected chi connectivity index (χ4v) is 1.48. The molecule has 1 atom stereocenters. The minimum Gasteiger partial charge on any atom is -0.443 e. The maximum absolute atomic E-state index is 5.63. The number of hydrogen-bond donors (Lipinski definition) is 1. The van der Waals surface area contributed by atoms with Crippen molar-refractivity contribution in [3.63, 3.8) is 0 Å². The first-order valence-electron chi connectivity index (χ1n) is 4.98. The summed E-state index contributed by atoms with van der Waals surface area (Å²) < 4.78 is 5.19. The lowest BCUT2D eigenvalue weighted by Crippen LogP contribution is -2.35. The predicted molar refractivity (Wildman–Crippen MR) is 60.9 cm³/mol. The summed E-state index contributed by atoms with van der Waals surface area (Å²) in [7, 11) is 2.03. The summed E-state index contributed by atoms with van der Waals surface area (Å²) in [6.45, 7) is 2.72. The normalized spacial score (nSPS) is 13.0. The van der Waals surface area contributed by atoms with Crippen LogP contribution in [-0.2, 0) is 0 Å². The molecule has 80 valence electrons. The van der Waals surface area contributed by atoms with Gasteiger partial charge in [0, 0.05) is 25.3 Å². The smallest absolute Gasteiger partial charge is 0.181 e. The molecule has 0 saturated carbocycles. The van der Waals surface area contributed by atoms with Crippen molar-refractivity contribution in [2.75, 3.05) is 18.5 Å². The van der Waals surface area contributed by atoms with Gasteiger partial charge in [0.15, 0.2) is 12.0 Å². The fraction of sp³-hybridized carbons (Fsp3) is 0.364. The Morgan fingerprint density at radius 3 is 3.07 bits per heavy atom. The van der Waals surface area contributed by atoms with Gasteiger partial charge in [-0.15, -0.1) is 0 Å². The van der Waals surface area contributed by atoms with Crippen LogP contribution in [0.5, 0.6) is 0 Å². The van der Waals surface area contributed by atoms with Gasteiger partial charge in [-0.05, 0) is 25.1 Å². The van der Waals surface area contributed by atoms with Gasteiger partial charge in [0.25, 0.3) is 0 Å². The maximum Gasteiger partial charge on any atom is 0.181 e. The Morgan fingerprint density at radius 2 is 2.33 bits per heavy atom. The van der Waals surface area contributed by atoms with Crippen molar-refractivity contribution < 1.29 is 4.42 Å². The molecule has 0 fully saturated rings. The first-order valence-corrected chi connectivity index (χ1v) is 4.98. The minimum absolute atomic E-state index is 0.314. The Hall–Kier alpha value is -1.55. The topological polar surface area (TPSA) is 55.3 Å². The van der Waals surface area contributed by atoms with Gasteiger partial charge in [-0.25, -0.2) is 4.98 Å². The van der Waals surface area contributed by atoms with Crippen LogP contribution in [0.1, 0.15) is 6.92 Å². The van der Waals surface area contributed by atoms with Crippen molar-refractivity contribution in [3.8, 4) is 0 Å². The Kier molecular flexibility index (Phi) is 2.60. The standard InChI is InChI=1S/C11H15N3O/c1-8(6-12)14(2)9-3-4-11-10(5-9)13-7-15-11/h3-5,7-8H,6,12H2,1-2H3. The zero-order chi connectivity index (χ0) is 10.8. The van der Waals surface area contributed by atoms with Gasteiger partial charge >= 0.3 is 0 Å². The number of anilines is 1. The van der Waals surface area contributed by atoms with E-state index in [-0.39, 0.29) is 0 Å². The lowest BCUT2D eigenvalue weighted by molar-refractivity contribution is 0.602. The number of oxazole rings is 1. The highest BCUT2D eigenvalue weighted by molar-refractivity contribution is 5.77. The van der Waals surface area contributed by atoms with Crippen LogP contribution in [0.25, 0.3) is 11.1 Å². The molecule has 1 aromatic heterocycles. The Morgan fingerprint density at radius 1 is 1.53 bits per heavy atom. The van der Waals surface area contributed by atoms with E-state index < -0.39 is 0 Å². The Bertz CT molecular complexity index is 452. The number of aromatic nitrogens is 1. The van der Waals surface area contributed by atoms with E-state index in [0.717, 1.165) is 16.8 Å². The van der Waals surface area contributed by atoms with E-state index in [9.17, 15) is 0 Å². The van der Waals surface area contributed by atoms with E-state index in [4.69, 9.17) is 10.2 Å². The van der Waals surface area contributed by atoms with E-state index in [0.29, 0.717) is 12.6 Å². The summed E-state index contributed by atoms with van der Waals surface area (Å²) in [6.07, 6.45) is 1.46. The zero-order valence-corrected chi connectivity index (χ0v) is 8.97. The summed E-state index contributed by atoms with van der Waals surface area (Å²) in [5, 5.41) is 0. The van der Waals surface area contributed by atoms with Crippen molar-refractivity contribution in [2.45, 2.75) is 13.0 Å². The van der Waals surface area contributed by atoms with E-state index in [2.05, 4.69) is 16.8 Å². The fourth-order valence-electron chi connectivity index (χ4n) is 1.48.